The molecule has 0 saturated heterocycles. The Morgan fingerprint density at radius 2 is 1.02 bits per heavy atom. The average molecular weight is 820 g/mol. The lowest BCUT2D eigenvalue weighted by atomic mass is 10.1. The maximum Gasteiger partial charge on any atom is 0.326 e. The fourth-order valence-corrected chi connectivity index (χ4v) is 4.03. The number of amides is 9. The number of aliphatic hydroxyl groups is 2. The van der Waals surface area contributed by atoms with Crippen molar-refractivity contribution in [3.63, 3.8) is 0 Å². The monoisotopic (exact) mass is 819 g/mol. The fraction of sp³-hybridized carbons (Fsp3) is 0.586. The van der Waals surface area contributed by atoms with E-state index in [9.17, 15) is 63.0 Å². The molecule has 0 aromatic heterocycles. The molecule has 0 bridgehead atoms. The molecule has 320 valence electrons. The smallest absolute Gasteiger partial charge is 0.326 e. The van der Waals surface area contributed by atoms with E-state index in [-0.39, 0.29) is 25.3 Å². The van der Waals surface area contributed by atoms with Crippen molar-refractivity contribution < 1.29 is 73.2 Å². The highest BCUT2D eigenvalue weighted by Crippen LogP contribution is 2.01. The molecule has 28 nitrogen and oxygen atoms in total. The third-order valence-electron chi connectivity index (χ3n) is 6.93. The van der Waals surface area contributed by atoms with Crippen LogP contribution in [0, 0.1) is 0 Å². The Balaban J connectivity index is 5.27. The van der Waals surface area contributed by atoms with Crippen LogP contribution in [0.25, 0.3) is 0 Å². The Labute approximate surface area is 323 Å². The van der Waals surface area contributed by atoms with Crippen molar-refractivity contribution in [3.8, 4) is 0 Å². The zero-order valence-corrected chi connectivity index (χ0v) is 30.6. The van der Waals surface area contributed by atoms with Crippen LogP contribution in [-0.2, 0) is 52.7 Å². The van der Waals surface area contributed by atoms with Crippen LogP contribution in [0.1, 0.15) is 26.2 Å². The maximum atomic E-state index is 13.2. The summed E-state index contributed by atoms with van der Waals surface area (Å²) in [7, 11) is 0. The van der Waals surface area contributed by atoms with Crippen molar-refractivity contribution >= 4 is 71.1 Å². The second-order valence-corrected chi connectivity index (χ2v) is 11.6. The number of nitrogens with one attached hydrogen (secondary N) is 9. The molecule has 0 aliphatic heterocycles. The number of carboxylic acids is 2. The molecule has 0 fully saturated rings. The Morgan fingerprint density at radius 3 is 1.53 bits per heavy atom. The number of carboxylic acid groups (broad SMARTS) is 2. The van der Waals surface area contributed by atoms with E-state index in [1.807, 2.05) is 5.32 Å². The van der Waals surface area contributed by atoms with Crippen molar-refractivity contribution in [2.75, 3.05) is 52.5 Å². The SMILES string of the molecule is C[C@H](NC(=O)[C@H](CO)NC(=O)[C@H](CCCN=C(N)N)NC(=O)CNC(=O)[C@H](CO)NC(=O)CNC(=O)CN)C(=O)NCC(=O)NCC(=O)N[C@@H](CC(=O)O)C(=O)O. The first-order valence-corrected chi connectivity index (χ1v) is 16.7. The number of aliphatic hydroxyl groups excluding tert-OH is 2. The largest absolute Gasteiger partial charge is 0.481 e. The Kier molecular flexibility index (Phi) is 23.8. The van der Waals surface area contributed by atoms with Crippen LogP contribution >= 0.6 is 0 Å². The molecule has 9 amide bonds. The van der Waals surface area contributed by atoms with Gasteiger partial charge in [-0.05, 0) is 19.8 Å². The van der Waals surface area contributed by atoms with Gasteiger partial charge in [-0.1, -0.05) is 0 Å². The Morgan fingerprint density at radius 1 is 0.561 bits per heavy atom. The summed E-state index contributed by atoms with van der Waals surface area (Å²) in [6, 6.07) is -7.77. The Bertz CT molecular complexity index is 1510. The van der Waals surface area contributed by atoms with E-state index in [0.29, 0.717) is 0 Å². The molecule has 0 aliphatic rings. The van der Waals surface area contributed by atoms with E-state index >= 15 is 0 Å². The van der Waals surface area contributed by atoms with Gasteiger partial charge in [0.15, 0.2) is 5.96 Å². The van der Waals surface area contributed by atoms with Crippen molar-refractivity contribution in [2.24, 2.45) is 22.2 Å². The van der Waals surface area contributed by atoms with Gasteiger partial charge in [0.1, 0.15) is 30.2 Å². The average Bonchev–Trinajstić information content (AvgIpc) is 3.15. The summed E-state index contributed by atoms with van der Waals surface area (Å²) in [4.78, 5) is 136. The standard InChI is InChI=1S/C29H49N13O15/c1-13(24(52)36-7-19(46)35-9-20(47)40-15(28(56)57)5-23(50)51)38-27(55)17(12-44)42-26(54)14(3-2-4-33-29(31)32)39-22(49)10-37-25(53)16(11-43)41-21(48)8-34-18(45)6-30/h13-17,43-44H,2-12,30H2,1H3,(H,34,45)(H,35,46)(H,36,52)(H,37,53)(H,38,55)(H,39,49)(H,40,47)(H,41,48)(H,42,54)(H,50,51)(H,56,57)(H4,31,32,33)/t13-,14-,15-,16-,17-/m0/s1. The quantitative estimate of drug-likeness (QED) is 0.0208. The Hall–Kier alpha value is -6.68. The molecule has 0 unspecified atom stereocenters. The predicted molar refractivity (Wildman–Crippen MR) is 190 cm³/mol. The third kappa shape index (κ3) is 22.3. The summed E-state index contributed by atoms with van der Waals surface area (Å²) in [5.74, 6) is -11.9. The van der Waals surface area contributed by atoms with Crippen molar-refractivity contribution in [1.29, 1.82) is 0 Å². The van der Waals surface area contributed by atoms with Gasteiger partial charge in [0, 0.05) is 6.54 Å². The normalized spacial score (nSPS) is 13.0. The number of nitrogens with zero attached hydrogens (tertiary/aromatic N) is 1. The molecule has 5 atom stereocenters. The maximum absolute atomic E-state index is 13.2. The number of carbonyl (C=O) groups is 11. The van der Waals surface area contributed by atoms with Gasteiger partial charge in [0.05, 0.1) is 52.4 Å². The van der Waals surface area contributed by atoms with Gasteiger partial charge in [0.25, 0.3) is 0 Å². The number of hydrogen-bond acceptors (Lipinski definition) is 15. The topological polar surface area (TPSA) is 467 Å². The van der Waals surface area contributed by atoms with Gasteiger partial charge in [0.2, 0.25) is 53.2 Å². The summed E-state index contributed by atoms with van der Waals surface area (Å²) in [6.07, 6.45) is -0.966. The lowest BCUT2D eigenvalue weighted by molar-refractivity contribution is -0.147. The zero-order chi connectivity index (χ0) is 43.7. The molecule has 0 heterocycles. The highest BCUT2D eigenvalue weighted by atomic mass is 16.4. The number of carbonyl (C=O) groups excluding carboxylic acids is 9. The molecular formula is C29H49N13O15. The first kappa shape index (κ1) is 50.3. The molecule has 0 rings (SSSR count). The third-order valence-corrected chi connectivity index (χ3v) is 6.93. The van der Waals surface area contributed by atoms with Crippen LogP contribution in [0.2, 0.25) is 0 Å². The van der Waals surface area contributed by atoms with Crippen molar-refractivity contribution in [2.45, 2.75) is 56.4 Å². The number of nitrogens with two attached hydrogens (primary N) is 3. The summed E-state index contributed by atoms with van der Waals surface area (Å²) in [5, 5.41) is 56.3. The van der Waals surface area contributed by atoms with E-state index in [2.05, 4.69) is 47.5 Å². The van der Waals surface area contributed by atoms with Crippen LogP contribution in [0.5, 0.6) is 0 Å². The van der Waals surface area contributed by atoms with Gasteiger partial charge in [-0.2, -0.15) is 0 Å². The van der Waals surface area contributed by atoms with Crippen molar-refractivity contribution in [3.05, 3.63) is 0 Å². The molecule has 0 aromatic rings. The van der Waals surface area contributed by atoms with E-state index in [1.165, 1.54) is 6.92 Å². The molecule has 19 N–H and O–H groups in total. The zero-order valence-electron chi connectivity index (χ0n) is 30.6. The van der Waals surface area contributed by atoms with E-state index in [0.717, 1.165) is 0 Å². The number of rotatable bonds is 27. The number of aliphatic imine (C=N–C) groups is 1. The highest BCUT2D eigenvalue weighted by molar-refractivity contribution is 5.96. The molecule has 0 spiro atoms. The molecule has 0 aromatic carbocycles. The number of hydrogen-bond donors (Lipinski definition) is 16. The van der Waals surface area contributed by atoms with Crippen molar-refractivity contribution in [1.82, 2.24) is 47.9 Å². The molecule has 0 saturated carbocycles. The number of guanidine groups is 1. The van der Waals surface area contributed by atoms with E-state index in [4.69, 9.17) is 27.4 Å². The summed E-state index contributed by atoms with van der Waals surface area (Å²) < 4.78 is 0. The molecular weight excluding hydrogens is 770 g/mol. The second-order valence-electron chi connectivity index (χ2n) is 11.6. The summed E-state index contributed by atoms with van der Waals surface area (Å²) in [6.45, 7) is -3.93. The molecule has 0 radical (unpaired) electrons. The summed E-state index contributed by atoms with van der Waals surface area (Å²) in [5.41, 5.74) is 15.7. The van der Waals surface area contributed by atoms with Crippen LogP contribution in [0.4, 0.5) is 0 Å². The molecule has 28 heteroatoms. The van der Waals surface area contributed by atoms with Crippen LogP contribution < -0.4 is 65.1 Å². The van der Waals surface area contributed by atoms with E-state index in [1.54, 1.807) is 0 Å². The summed E-state index contributed by atoms with van der Waals surface area (Å²) >= 11 is 0. The van der Waals surface area contributed by atoms with Gasteiger partial charge in [-0.15, -0.1) is 0 Å². The van der Waals surface area contributed by atoms with E-state index < -0.39 is 148 Å². The molecule has 57 heavy (non-hydrogen) atoms. The second kappa shape index (κ2) is 27.0. The minimum absolute atomic E-state index is 0.00206. The van der Waals surface area contributed by atoms with Crippen LogP contribution in [-0.4, -0.2) is 174 Å². The number of aliphatic carboxylic acids is 2. The van der Waals surface area contributed by atoms with Gasteiger partial charge in [-0.3, -0.25) is 52.9 Å². The minimum atomic E-state index is -1.76. The van der Waals surface area contributed by atoms with Crippen LogP contribution in [0.15, 0.2) is 4.99 Å². The van der Waals surface area contributed by atoms with Crippen LogP contribution in [0.3, 0.4) is 0 Å². The lowest BCUT2D eigenvalue weighted by Gasteiger charge is -2.23. The molecule has 0 aliphatic carbocycles. The lowest BCUT2D eigenvalue weighted by Crippen LogP contribution is -2.58. The predicted octanol–water partition coefficient (Wildman–Crippen LogP) is -10.5. The first-order chi connectivity index (χ1) is 26.7. The first-order valence-electron chi connectivity index (χ1n) is 16.7. The van der Waals surface area contributed by atoms with Gasteiger partial charge in [-0.25, -0.2) is 4.79 Å². The highest BCUT2D eigenvalue weighted by Gasteiger charge is 2.29. The minimum Gasteiger partial charge on any atom is -0.481 e. The fourth-order valence-electron chi connectivity index (χ4n) is 4.03. The van der Waals surface area contributed by atoms with Gasteiger partial charge < -0.3 is 85.5 Å². The van der Waals surface area contributed by atoms with Gasteiger partial charge >= 0.3 is 11.9 Å².